The first-order valence-corrected chi connectivity index (χ1v) is 5.45. The molecule has 0 amide bonds. The van der Waals surface area contributed by atoms with Gasteiger partial charge in [-0.1, -0.05) is 0 Å². The Bertz CT molecular complexity index is 401. The highest BCUT2D eigenvalue weighted by Gasteiger charge is 2.27. The number of nitrogens with one attached hydrogen (secondary N) is 1. The average molecular weight is 293 g/mol. The van der Waals surface area contributed by atoms with Crippen molar-refractivity contribution >= 4 is 39.3 Å². The van der Waals surface area contributed by atoms with Crippen LogP contribution in [0.25, 0.3) is 0 Å². The van der Waals surface area contributed by atoms with E-state index < -0.39 is 0 Å². The van der Waals surface area contributed by atoms with Gasteiger partial charge in [-0.2, -0.15) is 4.98 Å². The number of rotatable bonds is 2. The summed E-state index contributed by atoms with van der Waals surface area (Å²) in [7, 11) is 0. The molecule has 80 valence electrons. The Labute approximate surface area is 99.3 Å². The smallest absolute Gasteiger partial charge is 0.328 e. The quantitative estimate of drug-likeness (QED) is 0.663. The fourth-order valence-electron chi connectivity index (χ4n) is 1.24. The summed E-state index contributed by atoms with van der Waals surface area (Å²) in [4.78, 5) is 18.9. The molecule has 7 heteroatoms. The zero-order chi connectivity index (χ0) is 10.8. The Balaban J connectivity index is 2.16. The normalized spacial score (nSPS) is 20.1. The van der Waals surface area contributed by atoms with Crippen LogP contribution in [0.3, 0.4) is 0 Å². The highest BCUT2D eigenvalue weighted by atomic mass is 79.9. The number of carbonyl (C=O) groups excluding carboxylic acids is 1. The number of cyclic esters (lactones) is 1. The number of halogens is 2. The number of hydrogen-bond donors (Lipinski definition) is 1. The van der Waals surface area contributed by atoms with Gasteiger partial charge in [0.2, 0.25) is 5.28 Å². The molecule has 0 radical (unpaired) electrons. The van der Waals surface area contributed by atoms with Crippen LogP contribution in [-0.2, 0) is 9.53 Å². The monoisotopic (exact) mass is 291 g/mol. The molecule has 1 aromatic rings. The van der Waals surface area contributed by atoms with E-state index in [1.54, 1.807) is 0 Å². The molecule has 0 spiro atoms. The molecule has 2 rings (SSSR count). The van der Waals surface area contributed by atoms with E-state index in [1.807, 2.05) is 0 Å². The van der Waals surface area contributed by atoms with Crippen LogP contribution in [0.2, 0.25) is 5.28 Å². The first-order valence-electron chi connectivity index (χ1n) is 4.28. The van der Waals surface area contributed by atoms with E-state index in [4.69, 9.17) is 16.3 Å². The minimum absolute atomic E-state index is 0.132. The highest BCUT2D eigenvalue weighted by molar-refractivity contribution is 9.10. The first kappa shape index (κ1) is 10.6. The highest BCUT2D eigenvalue weighted by Crippen LogP contribution is 2.22. The van der Waals surface area contributed by atoms with Crippen molar-refractivity contribution in [2.45, 2.75) is 12.5 Å². The van der Waals surface area contributed by atoms with E-state index in [9.17, 15) is 4.79 Å². The maximum Gasteiger partial charge on any atom is 0.328 e. The van der Waals surface area contributed by atoms with Gasteiger partial charge in [-0.25, -0.2) is 9.78 Å². The van der Waals surface area contributed by atoms with E-state index in [-0.39, 0.29) is 17.3 Å². The lowest BCUT2D eigenvalue weighted by molar-refractivity contribution is -0.138. The molecule has 1 aromatic heterocycles. The lowest BCUT2D eigenvalue weighted by Gasteiger charge is -2.10. The van der Waals surface area contributed by atoms with E-state index in [2.05, 4.69) is 31.2 Å². The number of ether oxygens (including phenoxy) is 1. The van der Waals surface area contributed by atoms with Crippen molar-refractivity contribution in [3.8, 4) is 0 Å². The van der Waals surface area contributed by atoms with Crippen molar-refractivity contribution in [2.75, 3.05) is 11.9 Å². The zero-order valence-corrected chi connectivity index (χ0v) is 9.88. The lowest BCUT2D eigenvalue weighted by Crippen LogP contribution is -2.25. The second-order valence-electron chi connectivity index (χ2n) is 2.99. The number of aromatic nitrogens is 2. The summed E-state index contributed by atoms with van der Waals surface area (Å²) in [6, 6.07) is -0.354. The molecule has 1 saturated heterocycles. The molecule has 5 nitrogen and oxygen atoms in total. The van der Waals surface area contributed by atoms with Crippen molar-refractivity contribution in [3.05, 3.63) is 16.0 Å². The largest absolute Gasteiger partial charge is 0.464 e. The van der Waals surface area contributed by atoms with Gasteiger partial charge in [-0.3, -0.25) is 0 Å². The summed E-state index contributed by atoms with van der Waals surface area (Å²) >= 11 is 8.90. The van der Waals surface area contributed by atoms with Gasteiger partial charge in [0.1, 0.15) is 11.9 Å². The van der Waals surface area contributed by atoms with E-state index in [0.29, 0.717) is 23.3 Å². The van der Waals surface area contributed by atoms with Crippen molar-refractivity contribution < 1.29 is 9.53 Å². The molecule has 1 fully saturated rings. The number of esters is 1. The molecule has 15 heavy (non-hydrogen) atoms. The number of hydrogen-bond acceptors (Lipinski definition) is 5. The summed E-state index contributed by atoms with van der Waals surface area (Å²) in [5, 5.41) is 3.07. The maximum absolute atomic E-state index is 11.2. The molecular formula is C8H7BrClN3O2. The molecule has 0 bridgehead atoms. The van der Waals surface area contributed by atoms with Crippen LogP contribution in [-0.4, -0.2) is 28.6 Å². The second kappa shape index (κ2) is 4.32. The third-order valence-corrected chi connectivity index (χ3v) is 2.72. The van der Waals surface area contributed by atoms with Crippen molar-refractivity contribution in [1.29, 1.82) is 0 Å². The third-order valence-electron chi connectivity index (χ3n) is 1.96. The van der Waals surface area contributed by atoms with Crippen LogP contribution in [0.5, 0.6) is 0 Å². The molecule has 0 saturated carbocycles. The minimum atomic E-state index is -0.354. The van der Waals surface area contributed by atoms with Gasteiger partial charge in [0.05, 0.1) is 11.1 Å². The molecule has 1 N–H and O–H groups in total. The first-order chi connectivity index (χ1) is 7.16. The summed E-state index contributed by atoms with van der Waals surface area (Å²) in [5.41, 5.74) is 0. The van der Waals surface area contributed by atoms with E-state index >= 15 is 0 Å². The fourth-order valence-corrected chi connectivity index (χ4v) is 1.68. The SMILES string of the molecule is O=C1OCC[C@H]1Nc1nc(Cl)ncc1Br. The fraction of sp³-hybridized carbons (Fsp3) is 0.375. The van der Waals surface area contributed by atoms with Gasteiger partial charge >= 0.3 is 5.97 Å². The van der Waals surface area contributed by atoms with Crippen LogP contribution in [0.1, 0.15) is 6.42 Å². The Morgan fingerprint density at radius 1 is 1.67 bits per heavy atom. The van der Waals surface area contributed by atoms with Gasteiger partial charge in [0.25, 0.3) is 0 Å². The van der Waals surface area contributed by atoms with Crippen molar-refractivity contribution in [3.63, 3.8) is 0 Å². The standard InChI is InChI=1S/C8H7BrClN3O2/c9-4-3-11-8(10)13-6(4)12-5-1-2-15-7(5)14/h3,5H,1-2H2,(H,11,12,13)/t5-/m1/s1. The predicted molar refractivity (Wildman–Crippen MR) is 57.7 cm³/mol. The Morgan fingerprint density at radius 2 is 2.47 bits per heavy atom. The molecule has 1 aliphatic heterocycles. The van der Waals surface area contributed by atoms with Gasteiger partial charge in [0, 0.05) is 12.6 Å². The van der Waals surface area contributed by atoms with Gasteiger partial charge in [-0.15, -0.1) is 0 Å². The molecule has 1 aliphatic rings. The third kappa shape index (κ3) is 2.38. The molecule has 1 atom stereocenters. The van der Waals surface area contributed by atoms with Gasteiger partial charge in [0.15, 0.2) is 0 Å². The molecular weight excluding hydrogens is 285 g/mol. The zero-order valence-electron chi connectivity index (χ0n) is 7.54. The van der Waals surface area contributed by atoms with Crippen molar-refractivity contribution in [1.82, 2.24) is 9.97 Å². The number of anilines is 1. The Morgan fingerprint density at radius 3 is 3.13 bits per heavy atom. The summed E-state index contributed by atoms with van der Waals surface area (Å²) < 4.78 is 5.47. The van der Waals surface area contributed by atoms with E-state index in [1.165, 1.54) is 6.20 Å². The molecule has 0 aliphatic carbocycles. The summed E-state index contributed by atoms with van der Waals surface area (Å²) in [6.07, 6.45) is 2.16. The minimum Gasteiger partial charge on any atom is -0.464 e. The molecule has 2 heterocycles. The molecule has 0 aromatic carbocycles. The summed E-state index contributed by atoms with van der Waals surface area (Å²) in [6.45, 7) is 0.437. The average Bonchev–Trinajstić information content (AvgIpc) is 2.58. The Hall–Kier alpha value is -0.880. The Kier molecular flexibility index (Phi) is 3.06. The lowest BCUT2D eigenvalue weighted by atomic mass is 10.2. The van der Waals surface area contributed by atoms with Gasteiger partial charge in [-0.05, 0) is 27.5 Å². The van der Waals surface area contributed by atoms with Crippen LogP contribution in [0, 0.1) is 0 Å². The van der Waals surface area contributed by atoms with Crippen LogP contribution < -0.4 is 5.32 Å². The molecule has 0 unspecified atom stereocenters. The van der Waals surface area contributed by atoms with Crippen LogP contribution in [0.15, 0.2) is 10.7 Å². The predicted octanol–water partition coefficient (Wildman–Crippen LogP) is 1.62. The van der Waals surface area contributed by atoms with Gasteiger partial charge < -0.3 is 10.1 Å². The second-order valence-corrected chi connectivity index (χ2v) is 4.18. The van der Waals surface area contributed by atoms with E-state index in [0.717, 1.165) is 0 Å². The summed E-state index contributed by atoms with van der Waals surface area (Å²) in [5.74, 6) is 0.232. The number of carbonyl (C=O) groups is 1. The van der Waals surface area contributed by atoms with Crippen molar-refractivity contribution in [2.24, 2.45) is 0 Å². The number of nitrogens with zero attached hydrogens (tertiary/aromatic N) is 2. The maximum atomic E-state index is 11.2. The van der Waals surface area contributed by atoms with Crippen LogP contribution in [0.4, 0.5) is 5.82 Å². The van der Waals surface area contributed by atoms with Crippen LogP contribution >= 0.6 is 27.5 Å². The topological polar surface area (TPSA) is 64.1 Å².